The van der Waals surface area contributed by atoms with Gasteiger partial charge in [0.15, 0.2) is 0 Å². The zero-order chi connectivity index (χ0) is 8.57. The van der Waals surface area contributed by atoms with E-state index in [0.717, 1.165) is 6.54 Å². The number of hydrogen-bond acceptors (Lipinski definition) is 3. The van der Waals surface area contributed by atoms with Crippen LogP contribution in [0.5, 0.6) is 0 Å². The van der Waals surface area contributed by atoms with Crippen molar-refractivity contribution in [3.63, 3.8) is 0 Å². The number of hydrogen-bond donors (Lipinski definition) is 1. The molecular weight excluding hydrogens is 130 g/mol. The van der Waals surface area contributed by atoms with Crippen LogP contribution >= 0.6 is 0 Å². The van der Waals surface area contributed by atoms with Crippen LogP contribution in [0.2, 0.25) is 0 Å². The average molecular weight is 144 g/mol. The molecule has 0 aromatic rings. The Labute approximate surface area is 61.5 Å². The van der Waals surface area contributed by atoms with Gasteiger partial charge in [0.25, 0.3) is 0 Å². The number of aliphatic carboxylic acids is 1. The van der Waals surface area contributed by atoms with Crippen molar-refractivity contribution in [3.05, 3.63) is 12.2 Å². The molecule has 0 atom stereocenters. The van der Waals surface area contributed by atoms with Gasteiger partial charge in [-0.25, -0.2) is 0 Å². The van der Waals surface area contributed by atoms with E-state index < -0.39 is 5.97 Å². The lowest BCUT2D eigenvalue weighted by molar-refractivity contribution is -0.299. The first-order chi connectivity index (χ1) is 4.59. The molecule has 0 aromatic carbocycles. The zero-order valence-electron chi connectivity index (χ0n) is 6.52. The lowest BCUT2D eigenvalue weighted by atomic mass is 10.2. The smallest absolute Gasteiger partial charge is 0.0668 e. The lowest BCUT2D eigenvalue weighted by Gasteiger charge is -1.98. The molecule has 0 spiro atoms. The Morgan fingerprint density at radius 2 is 1.90 bits per heavy atom. The highest BCUT2D eigenvalue weighted by Gasteiger charge is 1.84. The van der Waals surface area contributed by atoms with Crippen LogP contribution in [0.3, 0.4) is 0 Å². The molecule has 0 saturated heterocycles. The van der Waals surface area contributed by atoms with Gasteiger partial charge >= 0.3 is 0 Å². The van der Waals surface area contributed by atoms with Gasteiger partial charge < -0.3 is 15.6 Å². The fourth-order valence-electron chi connectivity index (χ4n) is 0.144. The van der Waals surface area contributed by atoms with E-state index in [9.17, 15) is 9.90 Å². The molecule has 60 valence electrons. The molecule has 3 heteroatoms. The van der Waals surface area contributed by atoms with E-state index in [0.29, 0.717) is 6.42 Å². The van der Waals surface area contributed by atoms with E-state index in [2.05, 4.69) is 6.58 Å². The molecule has 0 aliphatic rings. The van der Waals surface area contributed by atoms with Crippen LogP contribution in [0, 0.1) is 0 Å². The third-order valence-corrected chi connectivity index (χ3v) is 0.715. The molecule has 2 N–H and O–H groups in total. The molecule has 0 aliphatic carbocycles. The molecule has 0 saturated carbocycles. The largest absolute Gasteiger partial charge is 0.545 e. The fourth-order valence-corrected chi connectivity index (χ4v) is 0.144. The summed E-state index contributed by atoms with van der Waals surface area (Å²) in [6, 6.07) is 0. The summed E-state index contributed by atoms with van der Waals surface area (Å²) in [5.74, 6) is -1.15. The first-order valence-corrected chi connectivity index (χ1v) is 3.19. The molecular formula is C7H14NO2-. The van der Waals surface area contributed by atoms with Crippen LogP contribution in [0.1, 0.15) is 20.3 Å². The predicted octanol–water partition coefficient (Wildman–Crippen LogP) is -0.333. The quantitative estimate of drug-likeness (QED) is 0.539. The highest BCUT2D eigenvalue weighted by molar-refractivity contribution is 5.83. The summed E-state index contributed by atoms with van der Waals surface area (Å²) in [4.78, 5) is 9.72. The fraction of sp³-hybridized carbons (Fsp3) is 0.571. The summed E-state index contributed by atoms with van der Waals surface area (Å²) in [5, 5.41) is 9.72. The van der Waals surface area contributed by atoms with Crippen molar-refractivity contribution in [2.24, 2.45) is 5.73 Å². The van der Waals surface area contributed by atoms with Crippen molar-refractivity contribution in [2.75, 3.05) is 6.54 Å². The van der Waals surface area contributed by atoms with Crippen molar-refractivity contribution in [2.45, 2.75) is 20.3 Å². The Balaban J connectivity index is 0. The van der Waals surface area contributed by atoms with Crippen LogP contribution < -0.4 is 10.8 Å². The summed E-state index contributed by atoms with van der Waals surface area (Å²) >= 11 is 0. The highest BCUT2D eigenvalue weighted by Crippen LogP contribution is 1.90. The first-order valence-electron chi connectivity index (χ1n) is 3.19. The Morgan fingerprint density at radius 1 is 1.60 bits per heavy atom. The van der Waals surface area contributed by atoms with Crippen molar-refractivity contribution in [1.82, 2.24) is 0 Å². The zero-order valence-corrected chi connectivity index (χ0v) is 6.52. The molecule has 0 bridgehead atoms. The molecule has 0 aliphatic heterocycles. The van der Waals surface area contributed by atoms with Crippen LogP contribution in [0.25, 0.3) is 0 Å². The van der Waals surface area contributed by atoms with Gasteiger partial charge in [0, 0.05) is 0 Å². The SMILES string of the molecule is C=C(CC)C(=O)[O-].CCN. The van der Waals surface area contributed by atoms with E-state index in [1.54, 1.807) is 6.92 Å². The first kappa shape index (κ1) is 11.9. The van der Waals surface area contributed by atoms with E-state index in [1.165, 1.54) is 0 Å². The summed E-state index contributed by atoms with van der Waals surface area (Å²) in [7, 11) is 0. The second-order valence-electron chi connectivity index (χ2n) is 1.65. The minimum atomic E-state index is -1.15. The van der Waals surface area contributed by atoms with E-state index in [4.69, 9.17) is 5.73 Å². The van der Waals surface area contributed by atoms with Crippen molar-refractivity contribution < 1.29 is 9.90 Å². The van der Waals surface area contributed by atoms with E-state index >= 15 is 0 Å². The standard InChI is InChI=1S/C5H8O2.C2H7N/c1-3-4(2)5(6)7;1-2-3/h2-3H2,1H3,(H,6,7);2-3H2,1H3/p-1. The maximum absolute atomic E-state index is 9.72. The second kappa shape index (κ2) is 8.17. The predicted molar refractivity (Wildman–Crippen MR) is 39.2 cm³/mol. The Hall–Kier alpha value is -0.830. The number of rotatable bonds is 2. The Bertz CT molecular complexity index is 110. The minimum Gasteiger partial charge on any atom is -0.545 e. The van der Waals surface area contributed by atoms with Crippen molar-refractivity contribution in [3.8, 4) is 0 Å². The van der Waals surface area contributed by atoms with Crippen LogP contribution in [-0.2, 0) is 4.79 Å². The van der Waals surface area contributed by atoms with Crippen LogP contribution in [0.4, 0.5) is 0 Å². The number of carbonyl (C=O) groups excluding carboxylic acids is 1. The molecule has 10 heavy (non-hydrogen) atoms. The van der Waals surface area contributed by atoms with E-state index in [-0.39, 0.29) is 5.57 Å². The highest BCUT2D eigenvalue weighted by atomic mass is 16.4. The van der Waals surface area contributed by atoms with Crippen molar-refractivity contribution >= 4 is 5.97 Å². The number of carboxylic acid groups (broad SMARTS) is 1. The Morgan fingerprint density at radius 3 is 1.90 bits per heavy atom. The second-order valence-corrected chi connectivity index (χ2v) is 1.65. The van der Waals surface area contributed by atoms with Crippen LogP contribution in [0.15, 0.2) is 12.2 Å². The van der Waals surface area contributed by atoms with Gasteiger partial charge in [-0.2, -0.15) is 0 Å². The van der Waals surface area contributed by atoms with Crippen molar-refractivity contribution in [1.29, 1.82) is 0 Å². The molecule has 0 amide bonds. The van der Waals surface area contributed by atoms with Gasteiger partial charge in [-0.15, -0.1) is 0 Å². The van der Waals surface area contributed by atoms with Gasteiger partial charge in [0.1, 0.15) is 0 Å². The minimum absolute atomic E-state index is 0.153. The molecule has 0 radical (unpaired) electrons. The summed E-state index contributed by atoms with van der Waals surface area (Å²) in [6.45, 7) is 7.58. The normalized spacial score (nSPS) is 7.50. The van der Waals surface area contributed by atoms with Gasteiger partial charge in [-0.05, 0) is 18.5 Å². The van der Waals surface area contributed by atoms with Gasteiger partial charge in [0.2, 0.25) is 0 Å². The average Bonchev–Trinajstić information content (AvgIpc) is 1.88. The third-order valence-electron chi connectivity index (χ3n) is 0.715. The number of carbonyl (C=O) groups is 1. The molecule has 3 nitrogen and oxygen atoms in total. The summed E-state index contributed by atoms with van der Waals surface area (Å²) < 4.78 is 0. The monoisotopic (exact) mass is 144 g/mol. The molecule has 0 heterocycles. The maximum Gasteiger partial charge on any atom is 0.0668 e. The third kappa shape index (κ3) is 10.2. The van der Waals surface area contributed by atoms with Gasteiger partial charge in [0.05, 0.1) is 5.97 Å². The molecule has 0 fully saturated rings. The molecule has 0 aromatic heterocycles. The Kier molecular flexibility index (Phi) is 9.73. The van der Waals surface area contributed by atoms with E-state index in [1.807, 2.05) is 6.92 Å². The maximum atomic E-state index is 9.72. The molecule has 0 rings (SSSR count). The molecule has 0 unspecified atom stereocenters. The lowest BCUT2D eigenvalue weighted by Crippen LogP contribution is -2.23. The number of carboxylic acids is 1. The summed E-state index contributed by atoms with van der Waals surface area (Å²) in [6.07, 6.45) is 0.461. The van der Waals surface area contributed by atoms with Gasteiger partial charge in [-0.1, -0.05) is 20.4 Å². The summed E-state index contributed by atoms with van der Waals surface area (Å²) in [5.41, 5.74) is 5.00. The number of nitrogens with two attached hydrogens (primary N) is 1. The topological polar surface area (TPSA) is 66.1 Å². The van der Waals surface area contributed by atoms with Gasteiger partial charge in [-0.3, -0.25) is 0 Å². The van der Waals surface area contributed by atoms with Crippen LogP contribution in [-0.4, -0.2) is 12.5 Å².